The molecule has 17 heavy (non-hydrogen) atoms. The van der Waals surface area contributed by atoms with Gasteiger partial charge in [-0.2, -0.15) is 0 Å². The van der Waals surface area contributed by atoms with Crippen LogP contribution in [0, 0.1) is 0 Å². The van der Waals surface area contributed by atoms with Crippen molar-refractivity contribution in [3.8, 4) is 0 Å². The molecule has 1 N–H and O–H groups in total. The fourth-order valence-corrected chi connectivity index (χ4v) is 3.72. The second-order valence-corrected chi connectivity index (χ2v) is 6.77. The van der Waals surface area contributed by atoms with E-state index in [-0.39, 0.29) is 11.8 Å². The Morgan fingerprint density at radius 3 is 3.06 bits per heavy atom. The van der Waals surface area contributed by atoms with Crippen molar-refractivity contribution >= 4 is 15.8 Å². The standard InChI is InChI=1S/C11H19N3O2S/c1-2-3-6-14-7-5-12-11(14)13-10-4-8-17(15,16)9-10/h5,7,10H,2-4,6,8-9H2,1H3,(H,12,13). The lowest BCUT2D eigenvalue weighted by atomic mass is 10.3. The Morgan fingerprint density at radius 2 is 2.41 bits per heavy atom. The van der Waals surface area contributed by atoms with Gasteiger partial charge in [0.05, 0.1) is 11.5 Å². The van der Waals surface area contributed by atoms with E-state index in [0.717, 1.165) is 25.3 Å². The zero-order chi connectivity index (χ0) is 12.3. The third-order valence-corrected chi connectivity index (χ3v) is 4.80. The summed E-state index contributed by atoms with van der Waals surface area (Å²) in [5.41, 5.74) is 0. The van der Waals surface area contributed by atoms with Gasteiger partial charge in [-0.3, -0.25) is 0 Å². The van der Waals surface area contributed by atoms with Crippen LogP contribution in [-0.2, 0) is 16.4 Å². The van der Waals surface area contributed by atoms with Crippen LogP contribution in [0.25, 0.3) is 0 Å². The average Bonchev–Trinajstić information content (AvgIpc) is 2.83. The zero-order valence-corrected chi connectivity index (χ0v) is 10.9. The first-order valence-electron chi connectivity index (χ1n) is 6.09. The Kier molecular flexibility index (Phi) is 3.71. The van der Waals surface area contributed by atoms with Gasteiger partial charge in [0.25, 0.3) is 0 Å². The van der Waals surface area contributed by atoms with Gasteiger partial charge >= 0.3 is 0 Å². The monoisotopic (exact) mass is 257 g/mol. The highest BCUT2D eigenvalue weighted by atomic mass is 32.2. The molecule has 0 bridgehead atoms. The van der Waals surface area contributed by atoms with Crippen molar-refractivity contribution < 1.29 is 8.42 Å². The van der Waals surface area contributed by atoms with E-state index >= 15 is 0 Å². The largest absolute Gasteiger partial charge is 0.352 e. The lowest BCUT2D eigenvalue weighted by molar-refractivity contribution is 0.601. The van der Waals surface area contributed by atoms with Gasteiger partial charge in [0, 0.05) is 25.0 Å². The molecule has 6 heteroatoms. The number of hydrogen-bond acceptors (Lipinski definition) is 4. The van der Waals surface area contributed by atoms with E-state index in [1.54, 1.807) is 6.20 Å². The number of sulfone groups is 1. The number of hydrogen-bond donors (Lipinski definition) is 1. The molecule has 2 rings (SSSR count). The number of nitrogens with zero attached hydrogens (tertiary/aromatic N) is 2. The van der Waals surface area contributed by atoms with Crippen molar-refractivity contribution in [3.05, 3.63) is 12.4 Å². The molecular weight excluding hydrogens is 238 g/mol. The number of rotatable bonds is 5. The van der Waals surface area contributed by atoms with E-state index < -0.39 is 9.84 Å². The van der Waals surface area contributed by atoms with Gasteiger partial charge < -0.3 is 9.88 Å². The summed E-state index contributed by atoms with van der Waals surface area (Å²) < 4.78 is 24.8. The van der Waals surface area contributed by atoms with E-state index in [1.165, 1.54) is 0 Å². The molecule has 5 nitrogen and oxygen atoms in total. The molecule has 2 heterocycles. The molecule has 0 amide bonds. The van der Waals surface area contributed by atoms with Gasteiger partial charge in [0.15, 0.2) is 9.84 Å². The van der Waals surface area contributed by atoms with Gasteiger partial charge in [0.2, 0.25) is 5.95 Å². The number of imidazole rings is 1. The topological polar surface area (TPSA) is 64.0 Å². The van der Waals surface area contributed by atoms with E-state index in [2.05, 4.69) is 21.8 Å². The van der Waals surface area contributed by atoms with Crippen LogP contribution in [0.4, 0.5) is 5.95 Å². The maximum atomic E-state index is 11.4. The molecule has 1 fully saturated rings. The number of nitrogens with one attached hydrogen (secondary N) is 1. The molecule has 0 saturated carbocycles. The third-order valence-electron chi connectivity index (χ3n) is 3.03. The Hall–Kier alpha value is -1.04. The quantitative estimate of drug-likeness (QED) is 0.863. The summed E-state index contributed by atoms with van der Waals surface area (Å²) in [5.74, 6) is 1.31. The molecule has 1 aromatic heterocycles. The summed E-state index contributed by atoms with van der Waals surface area (Å²) in [4.78, 5) is 4.24. The number of aryl methyl sites for hydroxylation is 1. The van der Waals surface area contributed by atoms with Crippen LogP contribution >= 0.6 is 0 Å². The molecule has 1 aliphatic rings. The molecule has 1 atom stereocenters. The van der Waals surface area contributed by atoms with Crippen LogP contribution in [0.1, 0.15) is 26.2 Å². The van der Waals surface area contributed by atoms with E-state index in [1.807, 2.05) is 6.20 Å². The minimum atomic E-state index is -2.83. The van der Waals surface area contributed by atoms with Crippen molar-refractivity contribution in [2.75, 3.05) is 16.8 Å². The van der Waals surface area contributed by atoms with Crippen LogP contribution in [0.5, 0.6) is 0 Å². The van der Waals surface area contributed by atoms with Gasteiger partial charge in [-0.25, -0.2) is 13.4 Å². The summed E-state index contributed by atoms with van der Waals surface area (Å²) in [6.07, 6.45) is 6.61. The first-order chi connectivity index (χ1) is 8.11. The second-order valence-electron chi connectivity index (χ2n) is 4.54. The van der Waals surface area contributed by atoms with E-state index in [0.29, 0.717) is 12.2 Å². The molecule has 1 aromatic rings. The molecule has 96 valence electrons. The fourth-order valence-electron chi connectivity index (χ4n) is 2.05. The first-order valence-corrected chi connectivity index (χ1v) is 7.91. The lowest BCUT2D eigenvalue weighted by Crippen LogP contribution is -2.23. The highest BCUT2D eigenvalue weighted by Crippen LogP contribution is 2.16. The van der Waals surface area contributed by atoms with Gasteiger partial charge in [-0.1, -0.05) is 13.3 Å². The van der Waals surface area contributed by atoms with Gasteiger partial charge in [0.1, 0.15) is 0 Å². The van der Waals surface area contributed by atoms with Crippen molar-refractivity contribution in [1.29, 1.82) is 0 Å². The van der Waals surface area contributed by atoms with Gasteiger partial charge in [-0.15, -0.1) is 0 Å². The summed E-state index contributed by atoms with van der Waals surface area (Å²) in [6, 6.07) is 0.0165. The van der Waals surface area contributed by atoms with Crippen molar-refractivity contribution in [1.82, 2.24) is 9.55 Å². The predicted octanol–water partition coefficient (Wildman–Crippen LogP) is 1.28. The highest BCUT2D eigenvalue weighted by Gasteiger charge is 2.28. The molecule has 0 spiro atoms. The average molecular weight is 257 g/mol. The van der Waals surface area contributed by atoms with Crippen LogP contribution in [0.2, 0.25) is 0 Å². The van der Waals surface area contributed by atoms with Crippen LogP contribution in [0.15, 0.2) is 12.4 Å². The van der Waals surface area contributed by atoms with Crippen molar-refractivity contribution in [2.45, 2.75) is 38.8 Å². The lowest BCUT2D eigenvalue weighted by Gasteiger charge is -2.13. The summed E-state index contributed by atoms with van der Waals surface area (Å²) in [7, 11) is -2.83. The number of unbranched alkanes of at least 4 members (excludes halogenated alkanes) is 1. The number of aromatic nitrogens is 2. The first kappa shape index (κ1) is 12.4. The fraction of sp³-hybridized carbons (Fsp3) is 0.727. The number of anilines is 1. The third kappa shape index (κ3) is 3.21. The van der Waals surface area contributed by atoms with E-state index in [9.17, 15) is 8.42 Å². The van der Waals surface area contributed by atoms with Crippen molar-refractivity contribution in [3.63, 3.8) is 0 Å². The summed E-state index contributed by atoms with van der Waals surface area (Å²) in [6.45, 7) is 3.08. The highest BCUT2D eigenvalue weighted by molar-refractivity contribution is 7.91. The van der Waals surface area contributed by atoms with Gasteiger partial charge in [-0.05, 0) is 12.8 Å². The summed E-state index contributed by atoms with van der Waals surface area (Å²) >= 11 is 0. The normalized spacial score (nSPS) is 22.8. The van der Waals surface area contributed by atoms with Crippen LogP contribution in [-0.4, -0.2) is 35.5 Å². The molecule has 1 aliphatic heterocycles. The summed E-state index contributed by atoms with van der Waals surface area (Å²) in [5, 5.41) is 3.23. The maximum Gasteiger partial charge on any atom is 0.203 e. The SMILES string of the molecule is CCCCn1ccnc1NC1CCS(=O)(=O)C1. The van der Waals surface area contributed by atoms with Crippen molar-refractivity contribution in [2.24, 2.45) is 0 Å². The van der Waals surface area contributed by atoms with E-state index in [4.69, 9.17) is 0 Å². The smallest absolute Gasteiger partial charge is 0.203 e. The minimum absolute atomic E-state index is 0.0165. The molecule has 0 aliphatic carbocycles. The molecule has 1 saturated heterocycles. The Bertz CT molecular complexity index is 467. The van der Waals surface area contributed by atoms with Crippen LogP contribution < -0.4 is 5.32 Å². The Balaban J connectivity index is 1.97. The zero-order valence-electron chi connectivity index (χ0n) is 10.1. The second kappa shape index (κ2) is 5.08. The molecule has 0 aromatic carbocycles. The molecule has 1 unspecified atom stereocenters. The Labute approximate surface area is 102 Å². The predicted molar refractivity (Wildman–Crippen MR) is 67.8 cm³/mol. The molecule has 0 radical (unpaired) electrons. The molecular formula is C11H19N3O2S. The minimum Gasteiger partial charge on any atom is -0.352 e. The maximum absolute atomic E-state index is 11.4. The Morgan fingerprint density at radius 1 is 1.59 bits per heavy atom. The van der Waals surface area contributed by atoms with Crippen LogP contribution in [0.3, 0.4) is 0 Å².